The fourth-order valence-corrected chi connectivity index (χ4v) is 1.48. The van der Waals surface area contributed by atoms with Gasteiger partial charge >= 0.3 is 0 Å². The Morgan fingerprint density at radius 2 is 1.71 bits per heavy atom. The molecule has 0 aliphatic rings. The van der Waals surface area contributed by atoms with Crippen LogP contribution in [-0.2, 0) is 0 Å². The van der Waals surface area contributed by atoms with Gasteiger partial charge in [-0.2, -0.15) is 0 Å². The van der Waals surface area contributed by atoms with Crippen LogP contribution >= 0.6 is 12.2 Å². The molecule has 0 radical (unpaired) electrons. The Bertz CT molecular complexity index is 539. The Kier molecular flexibility index (Phi) is 3.35. The molecule has 17 heavy (non-hydrogen) atoms. The second-order valence-corrected chi connectivity index (χ2v) is 3.86. The van der Waals surface area contributed by atoms with E-state index in [-0.39, 0.29) is 5.75 Å². The first-order valence-corrected chi connectivity index (χ1v) is 5.40. The van der Waals surface area contributed by atoms with Crippen molar-refractivity contribution in [2.75, 3.05) is 0 Å². The molecular weight excluding hydrogens is 237 g/mol. The molecule has 0 saturated heterocycles. The van der Waals surface area contributed by atoms with Crippen molar-refractivity contribution in [3.63, 3.8) is 0 Å². The third-order valence-corrected chi connectivity index (χ3v) is 2.44. The summed E-state index contributed by atoms with van der Waals surface area (Å²) in [5.41, 5.74) is 6.22. The van der Waals surface area contributed by atoms with E-state index < -0.39 is 5.82 Å². The number of nitrogens with two attached hydrogens (primary N) is 1. The van der Waals surface area contributed by atoms with Gasteiger partial charge in [-0.15, -0.1) is 0 Å². The first-order valence-electron chi connectivity index (χ1n) is 4.99. The molecule has 0 fully saturated rings. The lowest BCUT2D eigenvalue weighted by molar-refractivity contribution is 0.442. The van der Waals surface area contributed by atoms with Crippen LogP contribution in [0.25, 0.3) is 0 Å². The molecule has 0 unspecified atom stereocenters. The minimum absolute atomic E-state index is 0.190. The Balaban J connectivity index is 2.20. The van der Waals surface area contributed by atoms with Crippen LogP contribution in [0.1, 0.15) is 5.56 Å². The van der Waals surface area contributed by atoms with Gasteiger partial charge in [0.15, 0.2) is 11.6 Å². The van der Waals surface area contributed by atoms with E-state index in [1.807, 2.05) is 0 Å². The number of hydrogen-bond donors (Lipinski definition) is 1. The molecule has 0 bridgehead atoms. The number of rotatable bonds is 3. The van der Waals surface area contributed by atoms with E-state index in [0.717, 1.165) is 5.56 Å². The second-order valence-electron chi connectivity index (χ2n) is 3.42. The van der Waals surface area contributed by atoms with E-state index in [4.69, 9.17) is 22.7 Å². The summed E-state index contributed by atoms with van der Waals surface area (Å²) in [6, 6.07) is 13.1. The molecule has 2 nitrogen and oxygen atoms in total. The van der Waals surface area contributed by atoms with Crippen LogP contribution in [0.4, 0.5) is 4.39 Å². The van der Waals surface area contributed by atoms with Gasteiger partial charge in [0.05, 0.1) is 0 Å². The van der Waals surface area contributed by atoms with Crippen molar-refractivity contribution in [3.05, 3.63) is 59.9 Å². The number of ether oxygens (including phenoxy) is 1. The van der Waals surface area contributed by atoms with E-state index in [0.29, 0.717) is 10.7 Å². The van der Waals surface area contributed by atoms with Gasteiger partial charge in [0.2, 0.25) is 0 Å². The van der Waals surface area contributed by atoms with Crippen LogP contribution in [0.5, 0.6) is 11.5 Å². The van der Waals surface area contributed by atoms with Gasteiger partial charge in [-0.3, -0.25) is 0 Å². The van der Waals surface area contributed by atoms with E-state index >= 15 is 0 Å². The summed E-state index contributed by atoms with van der Waals surface area (Å²) in [4.78, 5) is 0.322. The molecule has 2 N–H and O–H groups in total. The Hall–Kier alpha value is -1.94. The first kappa shape index (κ1) is 11.5. The van der Waals surface area contributed by atoms with Crippen molar-refractivity contribution in [1.29, 1.82) is 0 Å². The zero-order valence-electron chi connectivity index (χ0n) is 8.89. The molecule has 0 spiro atoms. The van der Waals surface area contributed by atoms with Gasteiger partial charge in [-0.25, -0.2) is 4.39 Å². The van der Waals surface area contributed by atoms with Crippen molar-refractivity contribution in [2.24, 2.45) is 5.73 Å². The fraction of sp³-hybridized carbons (Fsp3) is 0. The standard InChI is InChI=1S/C13H10FNOS/c14-11-3-1-2-4-12(11)16-10-7-5-9(6-8-10)13(15)17/h1-8H,(H2,15,17). The van der Waals surface area contributed by atoms with Crippen LogP contribution in [0.3, 0.4) is 0 Å². The average Bonchev–Trinajstić information content (AvgIpc) is 2.33. The van der Waals surface area contributed by atoms with Crippen LogP contribution in [0, 0.1) is 5.82 Å². The summed E-state index contributed by atoms with van der Waals surface area (Å²) < 4.78 is 18.7. The van der Waals surface area contributed by atoms with Gasteiger partial charge in [-0.1, -0.05) is 24.4 Å². The summed E-state index contributed by atoms with van der Waals surface area (Å²) in [5, 5.41) is 0. The number of benzene rings is 2. The zero-order chi connectivity index (χ0) is 12.3. The van der Waals surface area contributed by atoms with Crippen molar-refractivity contribution in [1.82, 2.24) is 0 Å². The predicted octanol–water partition coefficient (Wildman–Crippen LogP) is 3.25. The monoisotopic (exact) mass is 247 g/mol. The first-order chi connectivity index (χ1) is 8.16. The highest BCUT2D eigenvalue weighted by molar-refractivity contribution is 7.80. The lowest BCUT2D eigenvalue weighted by Crippen LogP contribution is -2.08. The lowest BCUT2D eigenvalue weighted by atomic mass is 10.2. The van der Waals surface area contributed by atoms with Crippen molar-refractivity contribution in [2.45, 2.75) is 0 Å². The predicted molar refractivity (Wildman–Crippen MR) is 68.8 cm³/mol. The van der Waals surface area contributed by atoms with Gasteiger partial charge in [-0.05, 0) is 36.4 Å². The summed E-state index contributed by atoms with van der Waals surface area (Å²) in [7, 11) is 0. The molecule has 4 heteroatoms. The number of para-hydroxylation sites is 1. The van der Waals surface area contributed by atoms with Crippen molar-refractivity contribution in [3.8, 4) is 11.5 Å². The minimum atomic E-state index is -0.397. The SMILES string of the molecule is NC(=S)c1ccc(Oc2ccccc2F)cc1. The molecule has 86 valence electrons. The lowest BCUT2D eigenvalue weighted by Gasteiger charge is -2.06. The molecule has 0 aliphatic heterocycles. The minimum Gasteiger partial charge on any atom is -0.454 e. The Morgan fingerprint density at radius 1 is 1.06 bits per heavy atom. The normalized spacial score (nSPS) is 9.94. The van der Waals surface area contributed by atoms with E-state index in [1.54, 1.807) is 42.5 Å². The zero-order valence-corrected chi connectivity index (χ0v) is 9.71. The number of halogens is 1. The molecule has 0 atom stereocenters. The third-order valence-electron chi connectivity index (χ3n) is 2.20. The summed E-state index contributed by atoms with van der Waals surface area (Å²) >= 11 is 4.83. The highest BCUT2D eigenvalue weighted by Crippen LogP contribution is 2.24. The maximum Gasteiger partial charge on any atom is 0.165 e. The maximum atomic E-state index is 13.3. The average molecular weight is 247 g/mol. The Morgan fingerprint density at radius 3 is 2.29 bits per heavy atom. The van der Waals surface area contributed by atoms with Crippen LogP contribution in [0.15, 0.2) is 48.5 Å². The van der Waals surface area contributed by atoms with Gasteiger partial charge in [0.25, 0.3) is 0 Å². The molecule has 2 aromatic carbocycles. The van der Waals surface area contributed by atoms with Gasteiger partial charge < -0.3 is 10.5 Å². The van der Waals surface area contributed by atoms with E-state index in [2.05, 4.69) is 0 Å². The Labute approximate surface area is 104 Å². The van der Waals surface area contributed by atoms with Crippen LogP contribution in [0.2, 0.25) is 0 Å². The molecule has 2 aromatic rings. The summed E-state index contributed by atoms with van der Waals surface area (Å²) in [5.74, 6) is 0.330. The maximum absolute atomic E-state index is 13.3. The highest BCUT2D eigenvalue weighted by Gasteiger charge is 2.03. The molecule has 0 saturated carbocycles. The summed E-state index contributed by atoms with van der Waals surface area (Å²) in [6.07, 6.45) is 0. The molecule has 0 aliphatic carbocycles. The third kappa shape index (κ3) is 2.79. The second kappa shape index (κ2) is 4.93. The van der Waals surface area contributed by atoms with Crippen LogP contribution in [-0.4, -0.2) is 4.99 Å². The molecule has 2 rings (SSSR count). The molecular formula is C13H10FNOS. The topological polar surface area (TPSA) is 35.2 Å². The molecule has 0 amide bonds. The van der Waals surface area contributed by atoms with Crippen molar-refractivity contribution >= 4 is 17.2 Å². The largest absolute Gasteiger partial charge is 0.454 e. The molecule has 0 aromatic heterocycles. The summed E-state index contributed by atoms with van der Waals surface area (Å²) in [6.45, 7) is 0. The molecule has 0 heterocycles. The highest BCUT2D eigenvalue weighted by atomic mass is 32.1. The van der Waals surface area contributed by atoms with E-state index in [1.165, 1.54) is 6.07 Å². The smallest absolute Gasteiger partial charge is 0.165 e. The van der Waals surface area contributed by atoms with Crippen LogP contribution < -0.4 is 10.5 Å². The van der Waals surface area contributed by atoms with E-state index in [9.17, 15) is 4.39 Å². The number of hydrogen-bond acceptors (Lipinski definition) is 2. The van der Waals surface area contributed by atoms with Gasteiger partial charge in [0.1, 0.15) is 10.7 Å². The number of thiocarbonyl (C=S) groups is 1. The quantitative estimate of drug-likeness (QED) is 0.845. The fourth-order valence-electron chi connectivity index (χ4n) is 1.34. The van der Waals surface area contributed by atoms with Gasteiger partial charge in [0, 0.05) is 5.56 Å². The van der Waals surface area contributed by atoms with Crippen molar-refractivity contribution < 1.29 is 9.13 Å².